The van der Waals surface area contributed by atoms with Gasteiger partial charge in [0.25, 0.3) is 11.5 Å². The van der Waals surface area contributed by atoms with Gasteiger partial charge in [0, 0.05) is 12.4 Å². The van der Waals surface area contributed by atoms with E-state index in [1.165, 1.54) is 36.0 Å². The third kappa shape index (κ3) is 3.50. The standard InChI is InChI=1S/C18H16FN3O3/c1-20-17(23)16-14-4-2-3-5-15(14)18(24)22(21-16)10-11-25-13-8-6-12(19)7-9-13/h2-9H,10-11H2,1H3,(H,20,23). The van der Waals surface area contributed by atoms with Crippen LogP contribution in [0.15, 0.2) is 53.3 Å². The van der Waals surface area contributed by atoms with Crippen LogP contribution in [0.2, 0.25) is 0 Å². The van der Waals surface area contributed by atoms with Crippen LogP contribution in [0.3, 0.4) is 0 Å². The van der Waals surface area contributed by atoms with Crippen molar-refractivity contribution in [2.45, 2.75) is 6.54 Å². The van der Waals surface area contributed by atoms with Crippen LogP contribution in [0.5, 0.6) is 5.75 Å². The first-order chi connectivity index (χ1) is 12.1. The molecule has 6 nitrogen and oxygen atoms in total. The monoisotopic (exact) mass is 341 g/mol. The predicted octanol–water partition coefficient (Wildman–Crippen LogP) is 1.97. The lowest BCUT2D eigenvalue weighted by molar-refractivity contribution is 0.0957. The number of hydrogen-bond donors (Lipinski definition) is 1. The summed E-state index contributed by atoms with van der Waals surface area (Å²) in [5.41, 5.74) is -0.120. The molecule has 0 saturated heterocycles. The topological polar surface area (TPSA) is 73.2 Å². The number of benzene rings is 2. The lowest BCUT2D eigenvalue weighted by Crippen LogP contribution is -2.30. The molecule has 0 fully saturated rings. The Morgan fingerprint density at radius 1 is 1.16 bits per heavy atom. The van der Waals surface area contributed by atoms with Crippen molar-refractivity contribution in [2.24, 2.45) is 0 Å². The fourth-order valence-electron chi connectivity index (χ4n) is 2.45. The van der Waals surface area contributed by atoms with Crippen molar-refractivity contribution < 1.29 is 13.9 Å². The van der Waals surface area contributed by atoms with E-state index < -0.39 is 0 Å². The summed E-state index contributed by atoms with van der Waals surface area (Å²) in [7, 11) is 1.51. The smallest absolute Gasteiger partial charge is 0.274 e. The van der Waals surface area contributed by atoms with Crippen molar-refractivity contribution in [1.82, 2.24) is 15.1 Å². The van der Waals surface area contributed by atoms with Crippen LogP contribution < -0.4 is 15.6 Å². The molecule has 0 bridgehead atoms. The maximum absolute atomic E-state index is 12.9. The maximum Gasteiger partial charge on any atom is 0.274 e. The first kappa shape index (κ1) is 16.6. The summed E-state index contributed by atoms with van der Waals surface area (Å²) < 4.78 is 19.6. The molecule has 1 aromatic heterocycles. The number of aromatic nitrogens is 2. The summed E-state index contributed by atoms with van der Waals surface area (Å²) in [4.78, 5) is 24.6. The maximum atomic E-state index is 12.9. The number of nitrogens with one attached hydrogen (secondary N) is 1. The van der Waals surface area contributed by atoms with Crippen molar-refractivity contribution in [2.75, 3.05) is 13.7 Å². The third-order valence-corrected chi connectivity index (χ3v) is 3.70. The minimum atomic E-state index is -0.371. The van der Waals surface area contributed by atoms with Gasteiger partial charge in [0.1, 0.15) is 18.2 Å². The number of carbonyl (C=O) groups is 1. The zero-order valence-corrected chi connectivity index (χ0v) is 13.5. The lowest BCUT2D eigenvalue weighted by Gasteiger charge is -2.11. The van der Waals surface area contributed by atoms with Crippen molar-refractivity contribution >= 4 is 16.7 Å². The Balaban J connectivity index is 1.88. The summed E-state index contributed by atoms with van der Waals surface area (Å²) in [5.74, 6) is -0.235. The van der Waals surface area contributed by atoms with Gasteiger partial charge in [-0.3, -0.25) is 9.59 Å². The van der Waals surface area contributed by atoms with Crippen LogP contribution in [-0.2, 0) is 6.54 Å². The van der Waals surface area contributed by atoms with Gasteiger partial charge in [-0.15, -0.1) is 0 Å². The molecule has 1 heterocycles. The van der Waals surface area contributed by atoms with Gasteiger partial charge in [-0.1, -0.05) is 18.2 Å². The summed E-state index contributed by atoms with van der Waals surface area (Å²) >= 11 is 0. The summed E-state index contributed by atoms with van der Waals surface area (Å²) in [6.07, 6.45) is 0. The zero-order chi connectivity index (χ0) is 17.8. The normalized spacial score (nSPS) is 10.6. The number of fused-ring (bicyclic) bond motifs is 1. The molecule has 0 radical (unpaired) electrons. The van der Waals surface area contributed by atoms with E-state index >= 15 is 0 Å². The fraction of sp³-hybridized carbons (Fsp3) is 0.167. The predicted molar refractivity (Wildman–Crippen MR) is 91.3 cm³/mol. The van der Waals surface area contributed by atoms with E-state index in [4.69, 9.17) is 4.74 Å². The Labute approximate surface area is 142 Å². The molecular formula is C18H16FN3O3. The number of rotatable bonds is 5. The lowest BCUT2D eigenvalue weighted by atomic mass is 10.1. The number of nitrogens with zero attached hydrogens (tertiary/aromatic N) is 2. The Hall–Kier alpha value is -3.22. The molecule has 1 N–H and O–H groups in total. The van der Waals surface area contributed by atoms with E-state index in [9.17, 15) is 14.0 Å². The van der Waals surface area contributed by atoms with Crippen molar-refractivity contribution in [1.29, 1.82) is 0 Å². The first-order valence-corrected chi connectivity index (χ1v) is 7.70. The van der Waals surface area contributed by atoms with Crippen LogP contribution >= 0.6 is 0 Å². The van der Waals surface area contributed by atoms with Gasteiger partial charge >= 0.3 is 0 Å². The van der Waals surface area contributed by atoms with Crippen molar-refractivity contribution in [3.05, 3.63) is 70.4 Å². The fourth-order valence-corrected chi connectivity index (χ4v) is 2.45. The molecule has 0 aliphatic carbocycles. The highest BCUT2D eigenvalue weighted by Crippen LogP contribution is 2.14. The SMILES string of the molecule is CNC(=O)c1nn(CCOc2ccc(F)cc2)c(=O)c2ccccc12. The largest absolute Gasteiger partial charge is 0.492 e. The van der Waals surface area contributed by atoms with E-state index in [1.54, 1.807) is 24.3 Å². The minimum absolute atomic E-state index is 0.157. The summed E-state index contributed by atoms with van der Waals surface area (Å²) in [6.45, 7) is 0.315. The molecule has 3 aromatic rings. The number of carbonyl (C=O) groups excluding carboxylic acids is 1. The van der Waals surface area contributed by atoms with E-state index in [0.717, 1.165) is 0 Å². The molecular weight excluding hydrogens is 325 g/mol. The molecule has 0 spiro atoms. The Morgan fingerprint density at radius 2 is 1.84 bits per heavy atom. The van der Waals surface area contributed by atoms with Gasteiger partial charge in [-0.2, -0.15) is 5.10 Å². The Bertz CT molecular complexity index is 967. The van der Waals surface area contributed by atoms with Gasteiger partial charge < -0.3 is 10.1 Å². The van der Waals surface area contributed by atoms with E-state index in [1.807, 2.05) is 0 Å². The van der Waals surface area contributed by atoms with Crippen molar-refractivity contribution in [3.63, 3.8) is 0 Å². The number of hydrogen-bond acceptors (Lipinski definition) is 4. The van der Waals surface area contributed by atoms with Crippen LogP contribution in [0.25, 0.3) is 10.8 Å². The second-order valence-electron chi connectivity index (χ2n) is 5.30. The first-order valence-electron chi connectivity index (χ1n) is 7.70. The van der Waals surface area contributed by atoms with E-state index in [2.05, 4.69) is 10.4 Å². The Kier molecular flexibility index (Phi) is 4.74. The highest BCUT2D eigenvalue weighted by Gasteiger charge is 2.15. The second kappa shape index (κ2) is 7.12. The molecule has 2 aromatic carbocycles. The number of halogens is 1. The molecule has 0 atom stereocenters. The molecule has 1 amide bonds. The van der Waals surface area contributed by atoms with Crippen LogP contribution in [-0.4, -0.2) is 29.3 Å². The molecule has 7 heteroatoms. The third-order valence-electron chi connectivity index (χ3n) is 3.70. The molecule has 128 valence electrons. The molecule has 0 saturated carbocycles. The average Bonchev–Trinajstić information content (AvgIpc) is 2.64. The Morgan fingerprint density at radius 3 is 2.52 bits per heavy atom. The van der Waals surface area contributed by atoms with Gasteiger partial charge in [0.2, 0.25) is 0 Å². The van der Waals surface area contributed by atoms with Crippen molar-refractivity contribution in [3.8, 4) is 5.75 Å². The molecule has 3 rings (SSSR count). The highest BCUT2D eigenvalue weighted by atomic mass is 19.1. The van der Waals surface area contributed by atoms with Crippen LogP contribution in [0.1, 0.15) is 10.5 Å². The van der Waals surface area contributed by atoms with E-state index in [-0.39, 0.29) is 36.1 Å². The van der Waals surface area contributed by atoms with E-state index in [0.29, 0.717) is 16.5 Å². The van der Waals surface area contributed by atoms with Gasteiger partial charge in [0.15, 0.2) is 5.69 Å². The second-order valence-corrected chi connectivity index (χ2v) is 5.30. The molecule has 0 aliphatic heterocycles. The van der Waals surface area contributed by atoms with Gasteiger partial charge in [-0.05, 0) is 30.3 Å². The quantitative estimate of drug-likeness (QED) is 0.770. The zero-order valence-electron chi connectivity index (χ0n) is 13.5. The summed E-state index contributed by atoms with van der Waals surface area (Å²) in [6, 6.07) is 12.4. The van der Waals surface area contributed by atoms with Gasteiger partial charge in [-0.25, -0.2) is 9.07 Å². The van der Waals surface area contributed by atoms with Gasteiger partial charge in [0.05, 0.1) is 11.9 Å². The molecule has 0 unspecified atom stereocenters. The van der Waals surface area contributed by atoms with Crippen LogP contribution in [0, 0.1) is 5.82 Å². The minimum Gasteiger partial charge on any atom is -0.492 e. The van der Waals surface area contributed by atoms with Crippen LogP contribution in [0.4, 0.5) is 4.39 Å². The molecule has 25 heavy (non-hydrogen) atoms. The average molecular weight is 341 g/mol. The number of ether oxygens (including phenoxy) is 1. The highest BCUT2D eigenvalue weighted by molar-refractivity contribution is 6.04. The summed E-state index contributed by atoms with van der Waals surface area (Å²) in [5, 5.41) is 7.61. The number of amides is 1. The molecule has 0 aliphatic rings.